The summed E-state index contributed by atoms with van der Waals surface area (Å²) in [6.07, 6.45) is 2.15. The number of rotatable bonds is 7. The third-order valence-electron chi connectivity index (χ3n) is 3.84. The van der Waals surface area contributed by atoms with E-state index in [1.807, 2.05) is 11.9 Å². The smallest absolute Gasteiger partial charge is 0.238 e. The van der Waals surface area contributed by atoms with Crippen LogP contribution in [0.5, 0.6) is 0 Å². The Morgan fingerprint density at radius 1 is 1.08 bits per heavy atom. The van der Waals surface area contributed by atoms with Gasteiger partial charge in [0.25, 0.3) is 0 Å². The summed E-state index contributed by atoms with van der Waals surface area (Å²) < 4.78 is 23.2. The normalized spacial score (nSPS) is 11.5. The highest BCUT2D eigenvalue weighted by Crippen LogP contribution is 2.15. The first-order valence-electron chi connectivity index (χ1n) is 8.14. The first-order valence-corrected chi connectivity index (χ1v) is 10.0. The third kappa shape index (κ3) is 5.99. The van der Waals surface area contributed by atoms with Crippen molar-refractivity contribution in [2.45, 2.75) is 24.8 Å². The average molecular weight is 360 g/mol. The monoisotopic (exact) mass is 360 g/mol. The number of nitrogens with zero attached hydrogens (tertiary/aromatic N) is 1. The fraction of sp³-hybridized carbons (Fsp3) is 0.316. The zero-order chi connectivity index (χ0) is 18.4. The van der Waals surface area contributed by atoms with Gasteiger partial charge in [-0.2, -0.15) is 0 Å². The Morgan fingerprint density at radius 3 is 2.32 bits per heavy atom. The molecule has 2 aromatic rings. The Labute approximate surface area is 149 Å². The maximum absolute atomic E-state index is 12.2. The van der Waals surface area contributed by atoms with Crippen LogP contribution in [0.3, 0.4) is 0 Å². The molecular weight excluding hydrogens is 336 g/mol. The molecule has 0 aliphatic heterocycles. The summed E-state index contributed by atoms with van der Waals surface area (Å²) in [6, 6.07) is 14.6. The molecule has 2 aromatic carbocycles. The Hall–Kier alpha value is -2.18. The van der Waals surface area contributed by atoms with Crippen molar-refractivity contribution >= 4 is 21.4 Å². The predicted molar refractivity (Wildman–Crippen MR) is 100 cm³/mol. The minimum Gasteiger partial charge on any atom is -0.325 e. The lowest BCUT2D eigenvalue weighted by atomic mass is 10.1. The van der Waals surface area contributed by atoms with E-state index in [9.17, 15) is 13.2 Å². The van der Waals surface area contributed by atoms with Crippen LogP contribution in [-0.4, -0.2) is 39.1 Å². The van der Waals surface area contributed by atoms with Gasteiger partial charge in [-0.15, -0.1) is 0 Å². The molecule has 6 heteroatoms. The maximum Gasteiger partial charge on any atom is 0.238 e. The Morgan fingerprint density at radius 2 is 1.72 bits per heavy atom. The molecule has 2 rings (SSSR count). The molecule has 0 saturated heterocycles. The summed E-state index contributed by atoms with van der Waals surface area (Å²) in [7, 11) is -1.42. The van der Waals surface area contributed by atoms with Crippen LogP contribution in [0.4, 0.5) is 5.69 Å². The molecule has 134 valence electrons. The van der Waals surface area contributed by atoms with E-state index in [4.69, 9.17) is 0 Å². The third-order valence-corrected chi connectivity index (χ3v) is 4.95. The van der Waals surface area contributed by atoms with Gasteiger partial charge < -0.3 is 5.32 Å². The van der Waals surface area contributed by atoms with E-state index in [2.05, 4.69) is 36.5 Å². The van der Waals surface area contributed by atoms with Crippen molar-refractivity contribution in [3.63, 3.8) is 0 Å². The number of hydrogen-bond donors (Lipinski definition) is 1. The first-order chi connectivity index (χ1) is 11.8. The van der Waals surface area contributed by atoms with Crippen LogP contribution >= 0.6 is 0 Å². The van der Waals surface area contributed by atoms with Crippen molar-refractivity contribution in [3.8, 4) is 0 Å². The van der Waals surface area contributed by atoms with Crippen LogP contribution in [-0.2, 0) is 27.6 Å². The maximum atomic E-state index is 12.2. The molecule has 0 bridgehead atoms. The lowest BCUT2D eigenvalue weighted by molar-refractivity contribution is -0.117. The molecular formula is C19H24N2O3S. The number of carbonyl (C=O) groups excluding carboxylic acids is 1. The Kier molecular flexibility index (Phi) is 6.33. The van der Waals surface area contributed by atoms with E-state index < -0.39 is 9.84 Å². The number of likely N-dealkylation sites (N-methyl/N-ethyl adjacent to an activating group) is 1. The summed E-state index contributed by atoms with van der Waals surface area (Å²) in [5, 5.41) is 2.74. The summed E-state index contributed by atoms with van der Waals surface area (Å²) >= 11 is 0. The molecule has 0 atom stereocenters. The summed E-state index contributed by atoms with van der Waals surface area (Å²) in [5.74, 6) is -0.182. The van der Waals surface area contributed by atoms with E-state index in [0.717, 1.165) is 18.2 Å². The van der Waals surface area contributed by atoms with Gasteiger partial charge in [0.15, 0.2) is 9.84 Å². The molecule has 25 heavy (non-hydrogen) atoms. The molecule has 0 radical (unpaired) electrons. The average Bonchev–Trinajstić information content (AvgIpc) is 2.54. The first kappa shape index (κ1) is 19.1. The van der Waals surface area contributed by atoms with Crippen LogP contribution in [0.15, 0.2) is 53.4 Å². The number of sulfone groups is 1. The largest absolute Gasteiger partial charge is 0.325 e. The van der Waals surface area contributed by atoms with Gasteiger partial charge in [-0.25, -0.2) is 8.42 Å². The van der Waals surface area contributed by atoms with Gasteiger partial charge in [0, 0.05) is 18.5 Å². The molecule has 1 amide bonds. The molecule has 0 aliphatic carbocycles. The number of carbonyl (C=O) groups is 1. The van der Waals surface area contributed by atoms with Gasteiger partial charge in [-0.05, 0) is 42.8 Å². The van der Waals surface area contributed by atoms with Crippen molar-refractivity contribution in [1.29, 1.82) is 0 Å². The van der Waals surface area contributed by atoms with Crippen LogP contribution in [0.1, 0.15) is 18.1 Å². The lowest BCUT2D eigenvalue weighted by Gasteiger charge is -2.16. The number of benzene rings is 2. The lowest BCUT2D eigenvalue weighted by Crippen LogP contribution is -2.29. The topological polar surface area (TPSA) is 66.5 Å². The van der Waals surface area contributed by atoms with Gasteiger partial charge in [0.1, 0.15) is 0 Å². The van der Waals surface area contributed by atoms with Gasteiger partial charge in [0.2, 0.25) is 5.91 Å². The van der Waals surface area contributed by atoms with Gasteiger partial charge in [0.05, 0.1) is 11.4 Å². The summed E-state index contributed by atoms with van der Waals surface area (Å²) in [6.45, 7) is 3.00. The molecule has 0 aromatic heterocycles. The van der Waals surface area contributed by atoms with Crippen LogP contribution in [0, 0.1) is 0 Å². The quantitative estimate of drug-likeness (QED) is 0.824. The molecule has 0 aliphatic rings. The molecule has 0 unspecified atom stereocenters. The highest BCUT2D eigenvalue weighted by Gasteiger charge is 2.11. The number of hydrogen-bond acceptors (Lipinski definition) is 4. The van der Waals surface area contributed by atoms with Crippen molar-refractivity contribution in [2.75, 3.05) is 25.2 Å². The number of aryl methyl sites for hydroxylation is 1. The second-order valence-electron chi connectivity index (χ2n) is 6.19. The standard InChI is InChI=1S/C19H24N2O3S/c1-4-15-8-10-16(11-9-15)13-21(2)14-19(22)20-17-6-5-7-18(12-17)25(3,23)24/h5-12H,4,13-14H2,1-3H3,(H,20,22). The Balaban J connectivity index is 1.93. The van der Waals surface area contributed by atoms with Gasteiger partial charge in [-0.3, -0.25) is 9.69 Å². The molecule has 0 spiro atoms. The van der Waals surface area contributed by atoms with E-state index in [1.54, 1.807) is 12.1 Å². The fourth-order valence-electron chi connectivity index (χ4n) is 2.50. The number of anilines is 1. The molecule has 0 saturated carbocycles. The highest BCUT2D eigenvalue weighted by molar-refractivity contribution is 7.90. The van der Waals surface area contributed by atoms with E-state index in [-0.39, 0.29) is 17.3 Å². The van der Waals surface area contributed by atoms with Crippen molar-refractivity contribution in [1.82, 2.24) is 4.90 Å². The second-order valence-corrected chi connectivity index (χ2v) is 8.21. The molecule has 1 N–H and O–H groups in total. The zero-order valence-corrected chi connectivity index (χ0v) is 15.6. The van der Waals surface area contributed by atoms with Crippen LogP contribution in [0.2, 0.25) is 0 Å². The van der Waals surface area contributed by atoms with E-state index in [0.29, 0.717) is 12.2 Å². The van der Waals surface area contributed by atoms with E-state index >= 15 is 0 Å². The fourth-order valence-corrected chi connectivity index (χ4v) is 3.16. The highest BCUT2D eigenvalue weighted by atomic mass is 32.2. The molecule has 0 heterocycles. The van der Waals surface area contributed by atoms with Crippen molar-refractivity contribution in [3.05, 3.63) is 59.7 Å². The molecule has 5 nitrogen and oxygen atoms in total. The summed E-state index contributed by atoms with van der Waals surface area (Å²) in [5.41, 5.74) is 2.91. The number of nitrogens with one attached hydrogen (secondary N) is 1. The SMILES string of the molecule is CCc1ccc(CN(C)CC(=O)Nc2cccc(S(C)(=O)=O)c2)cc1. The van der Waals surface area contributed by atoms with Crippen molar-refractivity contribution < 1.29 is 13.2 Å². The minimum absolute atomic E-state index is 0.182. The van der Waals surface area contributed by atoms with Gasteiger partial charge >= 0.3 is 0 Å². The van der Waals surface area contributed by atoms with Crippen LogP contribution in [0.25, 0.3) is 0 Å². The second kappa shape index (κ2) is 8.27. The predicted octanol–water partition coefficient (Wildman–Crippen LogP) is 2.72. The van der Waals surface area contributed by atoms with Gasteiger partial charge in [-0.1, -0.05) is 37.3 Å². The van der Waals surface area contributed by atoms with E-state index in [1.165, 1.54) is 17.7 Å². The minimum atomic E-state index is -3.29. The Bertz CT molecular complexity index is 830. The van der Waals surface area contributed by atoms with Crippen LogP contribution < -0.4 is 5.32 Å². The zero-order valence-electron chi connectivity index (χ0n) is 14.8. The number of amides is 1. The van der Waals surface area contributed by atoms with Crippen molar-refractivity contribution in [2.24, 2.45) is 0 Å². The summed E-state index contributed by atoms with van der Waals surface area (Å²) in [4.78, 5) is 14.3. The molecule has 0 fully saturated rings.